The van der Waals surface area contributed by atoms with E-state index in [1.165, 1.54) is 0 Å². The predicted molar refractivity (Wildman–Crippen MR) is 92.1 cm³/mol. The van der Waals surface area contributed by atoms with Gasteiger partial charge in [0.1, 0.15) is 12.4 Å². The summed E-state index contributed by atoms with van der Waals surface area (Å²) in [5.41, 5.74) is 0.622. The van der Waals surface area contributed by atoms with E-state index in [0.29, 0.717) is 23.9 Å². The molecule has 0 unspecified atom stereocenters. The molecule has 1 aromatic carbocycles. The van der Waals surface area contributed by atoms with E-state index in [2.05, 4.69) is 32.9 Å². The third-order valence-electron chi connectivity index (χ3n) is 4.49. The zero-order valence-corrected chi connectivity index (χ0v) is 14.7. The molecule has 2 aromatic rings. The number of rotatable bonds is 6. The minimum Gasteiger partial charge on any atom is -0.492 e. The minimum atomic E-state index is 0.147. The summed E-state index contributed by atoms with van der Waals surface area (Å²) in [5, 5.41) is 12.8. The van der Waals surface area contributed by atoms with E-state index in [1.54, 1.807) is 12.1 Å². The van der Waals surface area contributed by atoms with Gasteiger partial charge < -0.3 is 9.26 Å². The second kappa shape index (κ2) is 8.10. The van der Waals surface area contributed by atoms with Crippen LogP contribution in [0, 0.1) is 18.3 Å². The molecule has 0 N–H and O–H groups in total. The van der Waals surface area contributed by atoms with Gasteiger partial charge >= 0.3 is 0 Å². The molecule has 1 fully saturated rings. The van der Waals surface area contributed by atoms with Crippen molar-refractivity contribution in [2.45, 2.75) is 19.9 Å². The maximum atomic E-state index is 8.91. The predicted octanol–water partition coefficient (Wildman–Crippen LogP) is 2.01. The zero-order chi connectivity index (χ0) is 17.6. The Kier molecular flexibility index (Phi) is 5.64. The number of hydrogen-bond acceptors (Lipinski definition) is 7. The van der Waals surface area contributed by atoms with Gasteiger partial charge in [-0.05, 0) is 32.0 Å². The van der Waals surface area contributed by atoms with E-state index in [-0.39, 0.29) is 6.04 Å². The van der Waals surface area contributed by atoms with Gasteiger partial charge in [0.05, 0.1) is 17.7 Å². The molecule has 1 aliphatic heterocycles. The van der Waals surface area contributed by atoms with Crippen LogP contribution in [0.3, 0.4) is 0 Å². The monoisotopic (exact) mass is 341 g/mol. The second-order valence-electron chi connectivity index (χ2n) is 6.22. The highest BCUT2D eigenvalue weighted by atomic mass is 16.5. The number of hydrogen-bond donors (Lipinski definition) is 0. The minimum absolute atomic E-state index is 0.147. The highest BCUT2D eigenvalue weighted by Gasteiger charge is 2.25. The Morgan fingerprint density at radius 1 is 1.32 bits per heavy atom. The van der Waals surface area contributed by atoms with Crippen LogP contribution in [-0.4, -0.2) is 59.3 Å². The molecule has 7 nitrogen and oxygen atoms in total. The average Bonchev–Trinajstić information content (AvgIpc) is 3.08. The van der Waals surface area contributed by atoms with Gasteiger partial charge in [0.15, 0.2) is 5.82 Å². The smallest absolute Gasteiger partial charge is 0.243 e. The maximum absolute atomic E-state index is 8.91. The Balaban J connectivity index is 1.41. The van der Waals surface area contributed by atoms with Crippen molar-refractivity contribution in [2.24, 2.45) is 0 Å². The number of nitriles is 1. The number of aryl methyl sites for hydroxylation is 1. The molecule has 0 amide bonds. The van der Waals surface area contributed by atoms with E-state index in [9.17, 15) is 0 Å². The van der Waals surface area contributed by atoms with Crippen LogP contribution in [-0.2, 0) is 0 Å². The summed E-state index contributed by atoms with van der Waals surface area (Å²) >= 11 is 0. The first-order chi connectivity index (χ1) is 12.2. The van der Waals surface area contributed by atoms with Crippen molar-refractivity contribution in [3.63, 3.8) is 0 Å². The molecule has 0 saturated carbocycles. The lowest BCUT2D eigenvalue weighted by atomic mass is 10.2. The summed E-state index contributed by atoms with van der Waals surface area (Å²) in [7, 11) is 0. The Morgan fingerprint density at radius 2 is 2.12 bits per heavy atom. The van der Waals surface area contributed by atoms with Gasteiger partial charge in [-0.2, -0.15) is 10.2 Å². The summed E-state index contributed by atoms with van der Waals surface area (Å²) in [6.07, 6.45) is 0. The molecule has 132 valence electrons. The lowest BCUT2D eigenvalue weighted by Crippen LogP contribution is -2.48. The van der Waals surface area contributed by atoms with E-state index in [0.717, 1.165) is 38.5 Å². The van der Waals surface area contributed by atoms with Crippen LogP contribution in [0.1, 0.15) is 30.2 Å². The summed E-state index contributed by atoms with van der Waals surface area (Å²) in [5.74, 6) is 2.11. The molecule has 7 heteroatoms. The van der Waals surface area contributed by atoms with E-state index in [1.807, 2.05) is 19.1 Å². The number of aromatic nitrogens is 2. The number of ether oxygens (including phenoxy) is 1. The highest BCUT2D eigenvalue weighted by molar-refractivity contribution is 5.36. The summed E-state index contributed by atoms with van der Waals surface area (Å²) < 4.78 is 11.0. The SMILES string of the molecule is Cc1noc([C@H](C)N2CCN(CCOc3cccc(C#N)c3)CC2)n1. The van der Waals surface area contributed by atoms with Gasteiger partial charge in [-0.1, -0.05) is 11.2 Å². The lowest BCUT2D eigenvalue weighted by Gasteiger charge is -2.36. The third-order valence-corrected chi connectivity index (χ3v) is 4.49. The van der Waals surface area contributed by atoms with Crippen molar-refractivity contribution in [3.8, 4) is 11.8 Å². The van der Waals surface area contributed by atoms with Crippen molar-refractivity contribution in [3.05, 3.63) is 41.5 Å². The van der Waals surface area contributed by atoms with E-state index in [4.69, 9.17) is 14.5 Å². The second-order valence-corrected chi connectivity index (χ2v) is 6.22. The largest absolute Gasteiger partial charge is 0.492 e. The molecule has 1 atom stereocenters. The van der Waals surface area contributed by atoms with Crippen LogP contribution < -0.4 is 4.74 Å². The number of piperazine rings is 1. The topological polar surface area (TPSA) is 78.4 Å². The molecule has 0 aliphatic carbocycles. The first kappa shape index (κ1) is 17.4. The zero-order valence-electron chi connectivity index (χ0n) is 14.7. The molecular formula is C18H23N5O2. The number of benzene rings is 1. The maximum Gasteiger partial charge on any atom is 0.243 e. The van der Waals surface area contributed by atoms with Crippen molar-refractivity contribution >= 4 is 0 Å². The van der Waals surface area contributed by atoms with Gasteiger partial charge in [-0.15, -0.1) is 0 Å². The fraction of sp³-hybridized carbons (Fsp3) is 0.500. The fourth-order valence-corrected chi connectivity index (χ4v) is 2.96. The summed E-state index contributed by atoms with van der Waals surface area (Å²) in [6, 6.07) is 9.54. The van der Waals surface area contributed by atoms with E-state index < -0.39 is 0 Å². The Morgan fingerprint density at radius 3 is 2.80 bits per heavy atom. The normalized spacial score (nSPS) is 17.2. The van der Waals surface area contributed by atoms with Crippen molar-refractivity contribution in [2.75, 3.05) is 39.3 Å². The average molecular weight is 341 g/mol. The molecule has 1 aromatic heterocycles. The highest BCUT2D eigenvalue weighted by Crippen LogP contribution is 2.20. The summed E-state index contributed by atoms with van der Waals surface area (Å²) in [4.78, 5) is 9.07. The van der Waals surface area contributed by atoms with Crippen molar-refractivity contribution < 1.29 is 9.26 Å². The standard InChI is InChI=1S/C18H23N5O2/c1-14(18-20-15(2)21-25-18)23-8-6-22(7-9-23)10-11-24-17-5-3-4-16(12-17)13-19/h3-5,12,14H,6-11H2,1-2H3/t14-/m0/s1. The lowest BCUT2D eigenvalue weighted by molar-refractivity contribution is 0.0800. The first-order valence-electron chi connectivity index (χ1n) is 8.55. The van der Waals surface area contributed by atoms with Crippen LogP contribution >= 0.6 is 0 Å². The molecule has 1 saturated heterocycles. The molecule has 1 aliphatic rings. The summed E-state index contributed by atoms with van der Waals surface area (Å²) in [6.45, 7) is 9.33. The van der Waals surface area contributed by atoms with Gasteiger partial charge in [-0.25, -0.2) is 0 Å². The Bertz CT molecular complexity index is 731. The van der Waals surface area contributed by atoms with Gasteiger partial charge in [0.2, 0.25) is 5.89 Å². The molecule has 3 rings (SSSR count). The quantitative estimate of drug-likeness (QED) is 0.795. The van der Waals surface area contributed by atoms with Crippen LogP contribution in [0.4, 0.5) is 0 Å². The Hall–Kier alpha value is -2.43. The van der Waals surface area contributed by atoms with Gasteiger partial charge in [0.25, 0.3) is 0 Å². The van der Waals surface area contributed by atoms with E-state index >= 15 is 0 Å². The number of nitrogens with zero attached hydrogens (tertiary/aromatic N) is 5. The van der Waals surface area contributed by atoms with Crippen LogP contribution in [0.2, 0.25) is 0 Å². The molecule has 25 heavy (non-hydrogen) atoms. The molecule has 0 radical (unpaired) electrons. The molecule has 0 spiro atoms. The van der Waals surface area contributed by atoms with Gasteiger partial charge in [0, 0.05) is 32.7 Å². The van der Waals surface area contributed by atoms with Crippen molar-refractivity contribution in [1.29, 1.82) is 5.26 Å². The fourth-order valence-electron chi connectivity index (χ4n) is 2.96. The first-order valence-corrected chi connectivity index (χ1v) is 8.55. The molecule has 2 heterocycles. The third kappa shape index (κ3) is 4.56. The van der Waals surface area contributed by atoms with Gasteiger partial charge in [-0.3, -0.25) is 9.80 Å². The van der Waals surface area contributed by atoms with Crippen LogP contribution in [0.25, 0.3) is 0 Å². The Labute approximate surface area is 147 Å². The van der Waals surface area contributed by atoms with Crippen molar-refractivity contribution in [1.82, 2.24) is 19.9 Å². The molecule has 0 bridgehead atoms. The van der Waals surface area contributed by atoms with Crippen LogP contribution in [0.5, 0.6) is 5.75 Å². The molecular weight excluding hydrogens is 318 g/mol. The van der Waals surface area contributed by atoms with Crippen LogP contribution in [0.15, 0.2) is 28.8 Å².